The Morgan fingerprint density at radius 3 is 2.72 bits per heavy atom. The molecule has 2 aliphatic heterocycles. The number of hydrogen-bond acceptors (Lipinski definition) is 5. The van der Waals surface area contributed by atoms with Crippen molar-refractivity contribution in [3.05, 3.63) is 23.8 Å². The molecular weight excluding hydrogens is 236 g/mol. The van der Waals surface area contributed by atoms with E-state index >= 15 is 0 Å². The topological polar surface area (TPSA) is 83.1 Å². The number of carbonyl (C=O) groups excluding carboxylic acids is 1. The van der Waals surface area contributed by atoms with Crippen LogP contribution in [0.4, 0.5) is 4.79 Å². The van der Waals surface area contributed by atoms with Gasteiger partial charge in [-0.05, 0) is 12.1 Å². The molecule has 6 heteroatoms. The molecule has 0 fully saturated rings. The largest absolute Gasteiger partial charge is 0.490 e. The minimum absolute atomic E-state index is 0.162. The molecule has 0 radical (unpaired) electrons. The minimum Gasteiger partial charge on any atom is -0.490 e. The Morgan fingerprint density at radius 2 is 2.00 bits per heavy atom. The highest BCUT2D eigenvalue weighted by atomic mass is 16.6. The first kappa shape index (κ1) is 10.9. The van der Waals surface area contributed by atoms with E-state index in [0.29, 0.717) is 24.7 Å². The van der Waals surface area contributed by atoms with E-state index in [-0.39, 0.29) is 5.84 Å². The molecule has 2 N–H and O–H groups in total. The number of fused-ring (bicyclic) bond motifs is 1. The first-order valence-electron chi connectivity index (χ1n) is 5.68. The molecule has 0 bridgehead atoms. The van der Waals surface area contributed by atoms with Gasteiger partial charge >= 0.3 is 6.09 Å². The third kappa shape index (κ3) is 1.85. The minimum atomic E-state index is -0.662. The number of rotatable bonds is 1. The van der Waals surface area contributed by atoms with Gasteiger partial charge in [-0.1, -0.05) is 6.07 Å². The maximum atomic E-state index is 11.0. The van der Waals surface area contributed by atoms with Crippen molar-refractivity contribution in [2.45, 2.75) is 12.5 Å². The average Bonchev–Trinajstić information content (AvgIpc) is 2.58. The second-order valence-electron chi connectivity index (χ2n) is 4.06. The van der Waals surface area contributed by atoms with Gasteiger partial charge in [0.25, 0.3) is 0 Å². The number of ether oxygens (including phenoxy) is 3. The molecule has 1 unspecified atom stereocenters. The summed E-state index contributed by atoms with van der Waals surface area (Å²) < 4.78 is 16.1. The van der Waals surface area contributed by atoms with Gasteiger partial charge in [0.15, 0.2) is 23.4 Å². The van der Waals surface area contributed by atoms with Gasteiger partial charge in [0.05, 0.1) is 13.2 Å². The Morgan fingerprint density at radius 1 is 1.22 bits per heavy atom. The standard InChI is InChI=1S/C12H12N2O4/c13-11-10(18-12(15)14-11)7-2-3-8-9(6-7)17-5-1-4-16-8/h2-3,6,10H,1,4-5H2,(H2,13,14,15). The smallest absolute Gasteiger partial charge is 0.436 e. The van der Waals surface area contributed by atoms with E-state index in [1.165, 1.54) is 0 Å². The van der Waals surface area contributed by atoms with Crippen LogP contribution in [0.15, 0.2) is 23.2 Å². The summed E-state index contributed by atoms with van der Waals surface area (Å²) in [4.78, 5) is 14.6. The first-order valence-corrected chi connectivity index (χ1v) is 5.68. The molecule has 18 heavy (non-hydrogen) atoms. The van der Waals surface area contributed by atoms with Gasteiger partial charge in [-0.25, -0.2) is 4.79 Å². The highest BCUT2D eigenvalue weighted by Crippen LogP contribution is 2.34. The van der Waals surface area contributed by atoms with Crippen LogP contribution in [-0.2, 0) is 4.74 Å². The molecule has 1 atom stereocenters. The molecule has 0 aliphatic carbocycles. The van der Waals surface area contributed by atoms with Gasteiger partial charge in [0, 0.05) is 12.0 Å². The molecule has 1 aromatic rings. The van der Waals surface area contributed by atoms with E-state index < -0.39 is 12.2 Å². The van der Waals surface area contributed by atoms with Gasteiger partial charge in [0.2, 0.25) is 0 Å². The highest BCUT2D eigenvalue weighted by molar-refractivity contribution is 5.99. The molecule has 0 spiro atoms. The molecule has 0 saturated heterocycles. The summed E-state index contributed by atoms with van der Waals surface area (Å²) in [5.41, 5.74) is 6.37. The van der Waals surface area contributed by atoms with Crippen LogP contribution in [0, 0.1) is 0 Å². The van der Waals surface area contributed by atoms with Crippen LogP contribution in [0.5, 0.6) is 11.5 Å². The average molecular weight is 248 g/mol. The molecule has 1 aromatic carbocycles. The normalized spacial score (nSPS) is 22.1. The van der Waals surface area contributed by atoms with Crippen LogP contribution in [0.3, 0.4) is 0 Å². The van der Waals surface area contributed by atoms with E-state index in [1.807, 2.05) is 0 Å². The fourth-order valence-electron chi connectivity index (χ4n) is 1.93. The maximum Gasteiger partial charge on any atom is 0.436 e. The summed E-state index contributed by atoms with van der Waals surface area (Å²) in [7, 11) is 0. The second-order valence-corrected chi connectivity index (χ2v) is 4.06. The van der Waals surface area contributed by atoms with Crippen molar-refractivity contribution in [1.82, 2.24) is 0 Å². The van der Waals surface area contributed by atoms with Crippen LogP contribution in [-0.4, -0.2) is 25.1 Å². The molecule has 0 aromatic heterocycles. The van der Waals surface area contributed by atoms with Crippen LogP contribution in [0.25, 0.3) is 0 Å². The van der Waals surface area contributed by atoms with Crippen molar-refractivity contribution in [3.63, 3.8) is 0 Å². The number of amidine groups is 1. The Balaban J connectivity index is 1.92. The zero-order valence-electron chi connectivity index (χ0n) is 9.59. The summed E-state index contributed by atoms with van der Waals surface area (Å²) in [6.07, 6.45) is -0.453. The van der Waals surface area contributed by atoms with Crippen LogP contribution >= 0.6 is 0 Å². The lowest BCUT2D eigenvalue weighted by molar-refractivity contribution is 0.149. The highest BCUT2D eigenvalue weighted by Gasteiger charge is 2.28. The molecule has 2 aliphatic rings. The Labute approximate surface area is 103 Å². The van der Waals surface area contributed by atoms with Crippen LogP contribution in [0.1, 0.15) is 18.1 Å². The Hall–Kier alpha value is -2.24. The fourth-order valence-corrected chi connectivity index (χ4v) is 1.93. The number of carbonyl (C=O) groups is 1. The predicted octanol–water partition coefficient (Wildman–Crippen LogP) is 1.40. The number of cyclic esters (lactones) is 1. The van der Waals surface area contributed by atoms with Crippen LogP contribution < -0.4 is 15.2 Å². The number of amides is 1. The predicted molar refractivity (Wildman–Crippen MR) is 62.9 cm³/mol. The van der Waals surface area contributed by atoms with Crippen molar-refractivity contribution in [3.8, 4) is 11.5 Å². The van der Waals surface area contributed by atoms with Crippen molar-refractivity contribution in [2.75, 3.05) is 13.2 Å². The van der Waals surface area contributed by atoms with Gasteiger partial charge in [-0.3, -0.25) is 0 Å². The summed E-state index contributed by atoms with van der Waals surface area (Å²) in [6, 6.07) is 5.35. The number of aliphatic imine (C=N–C) groups is 1. The molecule has 6 nitrogen and oxygen atoms in total. The van der Waals surface area contributed by atoms with Gasteiger partial charge in [0.1, 0.15) is 0 Å². The van der Waals surface area contributed by atoms with Crippen molar-refractivity contribution in [1.29, 1.82) is 0 Å². The zero-order valence-corrected chi connectivity index (χ0v) is 9.59. The Kier molecular flexibility index (Phi) is 2.55. The maximum absolute atomic E-state index is 11.0. The molecule has 2 heterocycles. The first-order chi connectivity index (χ1) is 8.74. The third-order valence-electron chi connectivity index (χ3n) is 2.78. The monoisotopic (exact) mass is 248 g/mol. The van der Waals surface area contributed by atoms with Crippen molar-refractivity contribution < 1.29 is 19.0 Å². The van der Waals surface area contributed by atoms with Crippen molar-refractivity contribution in [2.24, 2.45) is 10.7 Å². The van der Waals surface area contributed by atoms with E-state index in [2.05, 4.69) is 4.99 Å². The lowest BCUT2D eigenvalue weighted by Gasteiger charge is -2.13. The number of nitrogens with zero attached hydrogens (tertiary/aromatic N) is 1. The molecule has 94 valence electrons. The number of nitrogens with two attached hydrogens (primary N) is 1. The molecule has 1 amide bonds. The Bertz CT molecular complexity index is 527. The van der Waals surface area contributed by atoms with Gasteiger partial charge in [-0.15, -0.1) is 0 Å². The SMILES string of the molecule is NC1=NC(=O)OC1c1ccc2c(c1)OCCCO2. The molecular formula is C12H12N2O4. The van der Waals surface area contributed by atoms with E-state index in [0.717, 1.165) is 12.0 Å². The molecule has 0 saturated carbocycles. The quantitative estimate of drug-likeness (QED) is 0.812. The van der Waals surface area contributed by atoms with E-state index in [4.69, 9.17) is 19.9 Å². The lowest BCUT2D eigenvalue weighted by Crippen LogP contribution is -2.18. The van der Waals surface area contributed by atoms with Gasteiger partial charge in [-0.2, -0.15) is 4.99 Å². The number of hydrogen-bond donors (Lipinski definition) is 1. The van der Waals surface area contributed by atoms with Crippen LogP contribution in [0.2, 0.25) is 0 Å². The summed E-state index contributed by atoms with van der Waals surface area (Å²) >= 11 is 0. The zero-order chi connectivity index (χ0) is 12.5. The second kappa shape index (κ2) is 4.21. The molecule has 3 rings (SSSR count). The van der Waals surface area contributed by atoms with E-state index in [9.17, 15) is 4.79 Å². The summed E-state index contributed by atoms with van der Waals surface area (Å²) in [6.45, 7) is 1.23. The summed E-state index contributed by atoms with van der Waals surface area (Å²) in [5.74, 6) is 1.49. The van der Waals surface area contributed by atoms with Gasteiger partial charge < -0.3 is 19.9 Å². The number of benzene rings is 1. The van der Waals surface area contributed by atoms with E-state index in [1.54, 1.807) is 18.2 Å². The fraction of sp³-hybridized carbons (Fsp3) is 0.333. The van der Waals surface area contributed by atoms with Crippen molar-refractivity contribution >= 4 is 11.9 Å². The lowest BCUT2D eigenvalue weighted by atomic mass is 10.1. The summed E-state index contributed by atoms with van der Waals surface area (Å²) in [5, 5.41) is 0. The third-order valence-corrected chi connectivity index (χ3v) is 2.78.